The predicted molar refractivity (Wildman–Crippen MR) is 112 cm³/mol. The molecular formula is C21H24N4O6. The van der Waals surface area contributed by atoms with Crippen LogP contribution >= 0.6 is 0 Å². The molecule has 31 heavy (non-hydrogen) atoms. The zero-order chi connectivity index (χ0) is 22.4. The molecule has 10 nitrogen and oxygen atoms in total. The van der Waals surface area contributed by atoms with Crippen molar-refractivity contribution in [2.24, 2.45) is 5.10 Å². The average molecular weight is 428 g/mol. The maximum Gasteiger partial charge on any atom is 0.433 e. The largest absolute Gasteiger partial charge is 0.484 e. The number of amides is 2. The molecule has 0 aliphatic carbocycles. The highest BCUT2D eigenvalue weighted by Gasteiger charge is 2.28. The van der Waals surface area contributed by atoms with Gasteiger partial charge in [0, 0.05) is 17.6 Å². The highest BCUT2D eigenvalue weighted by molar-refractivity contribution is 5.94. The summed E-state index contributed by atoms with van der Waals surface area (Å²) in [6.45, 7) is 4.05. The van der Waals surface area contributed by atoms with E-state index in [1.807, 2.05) is 4.90 Å². The Balaban J connectivity index is 1.49. The lowest BCUT2D eigenvalue weighted by molar-refractivity contribution is -0.402. The fourth-order valence-corrected chi connectivity index (χ4v) is 3.56. The van der Waals surface area contributed by atoms with Gasteiger partial charge in [0.15, 0.2) is 12.4 Å². The van der Waals surface area contributed by atoms with E-state index in [1.165, 1.54) is 12.1 Å². The molecular weight excluding hydrogens is 404 g/mol. The van der Waals surface area contributed by atoms with Crippen molar-refractivity contribution in [1.82, 2.24) is 10.3 Å². The van der Waals surface area contributed by atoms with Crippen LogP contribution in [0, 0.1) is 10.1 Å². The summed E-state index contributed by atoms with van der Waals surface area (Å²) in [5, 5.41) is 14.3. The van der Waals surface area contributed by atoms with Crippen LogP contribution in [0.1, 0.15) is 49.2 Å². The van der Waals surface area contributed by atoms with E-state index < -0.39 is 16.7 Å². The molecule has 1 aliphatic heterocycles. The predicted octanol–water partition coefficient (Wildman–Crippen LogP) is 3.12. The third kappa shape index (κ3) is 5.68. The lowest BCUT2D eigenvalue weighted by Crippen LogP contribution is -2.49. The van der Waals surface area contributed by atoms with Crippen molar-refractivity contribution in [3.05, 3.63) is 57.8 Å². The van der Waals surface area contributed by atoms with Gasteiger partial charge in [-0.05, 0) is 63.4 Å². The maximum absolute atomic E-state index is 12.5. The Bertz CT molecular complexity index is 959. The Kier molecular flexibility index (Phi) is 7.01. The molecule has 1 N–H and O–H groups in total. The number of carbonyl (C=O) groups excluding carboxylic acids is 2. The number of likely N-dealkylation sites (tertiary alicyclic amines) is 1. The van der Waals surface area contributed by atoms with Crippen molar-refractivity contribution in [2.45, 2.75) is 45.2 Å². The van der Waals surface area contributed by atoms with E-state index in [0.29, 0.717) is 11.3 Å². The first-order chi connectivity index (χ1) is 14.8. The van der Waals surface area contributed by atoms with Gasteiger partial charge in [0.2, 0.25) is 0 Å². The zero-order valence-corrected chi connectivity index (χ0v) is 17.3. The second-order valence-corrected chi connectivity index (χ2v) is 7.38. The molecule has 1 saturated heterocycles. The molecule has 0 saturated carbocycles. The van der Waals surface area contributed by atoms with E-state index >= 15 is 0 Å². The lowest BCUT2D eigenvalue weighted by Gasteiger charge is -2.38. The third-order valence-corrected chi connectivity index (χ3v) is 5.11. The fraction of sp³-hybridized carbons (Fsp3) is 0.381. The Labute approximate surface area is 179 Å². The summed E-state index contributed by atoms with van der Waals surface area (Å²) in [4.78, 5) is 36.4. The number of furan rings is 1. The van der Waals surface area contributed by atoms with E-state index in [0.717, 1.165) is 25.5 Å². The Morgan fingerprint density at radius 3 is 2.52 bits per heavy atom. The van der Waals surface area contributed by atoms with Crippen molar-refractivity contribution in [3.8, 4) is 5.75 Å². The quantitative estimate of drug-likeness (QED) is 0.410. The van der Waals surface area contributed by atoms with Crippen LogP contribution in [-0.2, 0) is 4.79 Å². The summed E-state index contributed by atoms with van der Waals surface area (Å²) >= 11 is 0. The number of nitrogens with one attached hydrogen (secondary N) is 1. The van der Waals surface area contributed by atoms with Gasteiger partial charge in [-0.2, -0.15) is 5.10 Å². The van der Waals surface area contributed by atoms with Crippen LogP contribution in [0.5, 0.6) is 5.75 Å². The van der Waals surface area contributed by atoms with Gasteiger partial charge >= 0.3 is 5.88 Å². The van der Waals surface area contributed by atoms with Crippen molar-refractivity contribution in [2.75, 3.05) is 6.61 Å². The average Bonchev–Trinajstić information content (AvgIpc) is 3.22. The van der Waals surface area contributed by atoms with Gasteiger partial charge in [0.25, 0.3) is 11.8 Å². The molecule has 2 atom stereocenters. The van der Waals surface area contributed by atoms with Crippen molar-refractivity contribution < 1.29 is 23.7 Å². The number of piperidine rings is 1. The Morgan fingerprint density at radius 2 is 1.90 bits per heavy atom. The van der Waals surface area contributed by atoms with Gasteiger partial charge in [-0.15, -0.1) is 0 Å². The molecule has 164 valence electrons. The molecule has 0 radical (unpaired) electrons. The Hall–Kier alpha value is -3.69. The highest BCUT2D eigenvalue weighted by Crippen LogP contribution is 2.23. The van der Waals surface area contributed by atoms with Crippen LogP contribution in [0.4, 0.5) is 5.88 Å². The molecule has 1 aliphatic rings. The lowest BCUT2D eigenvalue weighted by atomic mass is 9.97. The maximum atomic E-state index is 12.5. The monoisotopic (exact) mass is 428 g/mol. The van der Waals surface area contributed by atoms with E-state index in [9.17, 15) is 19.7 Å². The molecule has 2 aromatic rings. The molecule has 3 rings (SSSR count). The van der Waals surface area contributed by atoms with Crippen LogP contribution in [0.15, 0.2) is 45.9 Å². The van der Waals surface area contributed by atoms with Crippen molar-refractivity contribution in [3.63, 3.8) is 0 Å². The van der Waals surface area contributed by atoms with Crippen LogP contribution in [0.25, 0.3) is 0 Å². The number of rotatable bonds is 7. The topological polar surface area (TPSA) is 127 Å². The molecule has 1 aromatic heterocycles. The standard InChI is InChI=1S/C21H24N4O6/c1-14-4-3-5-15(2)24(14)19(26)13-30-17-8-6-16(7-9-17)21(27)23-22-12-18-10-11-20(31-18)25(28)29/h6-12,14-15H,3-5,13H2,1-2H3,(H,23,27). The number of nitrogens with zero attached hydrogens (tertiary/aromatic N) is 3. The first kappa shape index (κ1) is 22.0. The number of benzene rings is 1. The summed E-state index contributed by atoms with van der Waals surface area (Å²) in [6.07, 6.45) is 4.29. The van der Waals surface area contributed by atoms with Crippen LogP contribution in [-0.4, -0.2) is 46.5 Å². The minimum absolute atomic E-state index is 0.0472. The van der Waals surface area contributed by atoms with Crippen molar-refractivity contribution in [1.29, 1.82) is 0 Å². The molecule has 1 fully saturated rings. The van der Waals surface area contributed by atoms with E-state index in [4.69, 9.17) is 9.15 Å². The molecule has 2 amide bonds. The highest BCUT2D eigenvalue weighted by atomic mass is 16.6. The van der Waals surface area contributed by atoms with Gasteiger partial charge < -0.3 is 14.1 Å². The first-order valence-electron chi connectivity index (χ1n) is 9.97. The molecule has 0 spiro atoms. The normalized spacial score (nSPS) is 18.7. The number of ether oxygens (including phenoxy) is 1. The Morgan fingerprint density at radius 1 is 1.23 bits per heavy atom. The second-order valence-electron chi connectivity index (χ2n) is 7.38. The third-order valence-electron chi connectivity index (χ3n) is 5.11. The summed E-state index contributed by atoms with van der Waals surface area (Å²) in [5.74, 6) is -0.317. The summed E-state index contributed by atoms with van der Waals surface area (Å²) in [5.41, 5.74) is 2.64. The van der Waals surface area contributed by atoms with Crippen LogP contribution in [0.3, 0.4) is 0 Å². The minimum atomic E-state index is -0.666. The number of hydrazone groups is 1. The van der Waals surface area contributed by atoms with Crippen LogP contribution in [0.2, 0.25) is 0 Å². The number of hydrogen-bond donors (Lipinski definition) is 1. The number of nitro groups is 1. The van der Waals surface area contributed by atoms with Gasteiger partial charge in [0.1, 0.15) is 10.7 Å². The van der Waals surface area contributed by atoms with Crippen molar-refractivity contribution >= 4 is 23.9 Å². The summed E-state index contributed by atoms with van der Waals surface area (Å²) in [7, 11) is 0. The molecule has 0 bridgehead atoms. The van der Waals surface area contributed by atoms with E-state index in [2.05, 4.69) is 24.4 Å². The van der Waals surface area contributed by atoms with E-state index in [-0.39, 0.29) is 30.4 Å². The first-order valence-corrected chi connectivity index (χ1v) is 9.97. The smallest absolute Gasteiger partial charge is 0.433 e. The number of hydrogen-bond acceptors (Lipinski definition) is 7. The molecule has 2 heterocycles. The minimum Gasteiger partial charge on any atom is -0.484 e. The summed E-state index contributed by atoms with van der Waals surface area (Å²) in [6, 6.07) is 9.28. The summed E-state index contributed by atoms with van der Waals surface area (Å²) < 4.78 is 10.5. The SMILES string of the molecule is CC1CCCC(C)N1C(=O)COc1ccc(C(=O)NN=Cc2ccc([N+](=O)[O-])o2)cc1. The second kappa shape index (κ2) is 9.88. The van der Waals surface area contributed by atoms with Gasteiger partial charge in [-0.3, -0.25) is 19.7 Å². The van der Waals surface area contributed by atoms with Gasteiger partial charge in [0.05, 0.1) is 12.3 Å². The molecule has 1 aromatic carbocycles. The van der Waals surface area contributed by atoms with Crippen LogP contribution < -0.4 is 10.2 Å². The molecule has 10 heteroatoms. The van der Waals surface area contributed by atoms with Gasteiger partial charge in [-0.1, -0.05) is 0 Å². The van der Waals surface area contributed by atoms with Gasteiger partial charge in [-0.25, -0.2) is 5.43 Å². The molecule has 2 unspecified atom stereocenters. The number of carbonyl (C=O) groups is 2. The fourth-order valence-electron chi connectivity index (χ4n) is 3.56. The van der Waals surface area contributed by atoms with E-state index in [1.54, 1.807) is 24.3 Å². The zero-order valence-electron chi connectivity index (χ0n) is 17.3.